The molecular weight excluding hydrogens is 217 g/mol. The standard InChI is InChI=1S/C11H15F3N2/c1-8-3-4-9(16-6-2-5-15)7-10(8)11(12,13)14/h3-4,7,16H,2,5-6,15H2,1H3. The highest BCUT2D eigenvalue weighted by Gasteiger charge is 2.32. The molecule has 0 aliphatic carbocycles. The largest absolute Gasteiger partial charge is 0.416 e. The van der Waals surface area contributed by atoms with Gasteiger partial charge in [0.05, 0.1) is 5.56 Å². The van der Waals surface area contributed by atoms with Crippen molar-refractivity contribution >= 4 is 5.69 Å². The van der Waals surface area contributed by atoms with Gasteiger partial charge in [0.15, 0.2) is 0 Å². The lowest BCUT2D eigenvalue weighted by Crippen LogP contribution is -2.11. The lowest BCUT2D eigenvalue weighted by molar-refractivity contribution is -0.138. The molecule has 16 heavy (non-hydrogen) atoms. The van der Waals surface area contributed by atoms with Crippen LogP contribution in [0.25, 0.3) is 0 Å². The Morgan fingerprint density at radius 3 is 2.56 bits per heavy atom. The molecule has 0 saturated carbocycles. The Morgan fingerprint density at radius 1 is 1.31 bits per heavy atom. The van der Waals surface area contributed by atoms with E-state index in [0.717, 1.165) is 12.5 Å². The van der Waals surface area contributed by atoms with E-state index in [0.29, 0.717) is 18.8 Å². The predicted molar refractivity (Wildman–Crippen MR) is 58.3 cm³/mol. The van der Waals surface area contributed by atoms with E-state index in [1.54, 1.807) is 6.07 Å². The first-order chi connectivity index (χ1) is 7.45. The molecule has 3 N–H and O–H groups in total. The van der Waals surface area contributed by atoms with Crippen LogP contribution < -0.4 is 11.1 Å². The van der Waals surface area contributed by atoms with Gasteiger partial charge in [0.2, 0.25) is 0 Å². The fourth-order valence-electron chi connectivity index (χ4n) is 1.37. The van der Waals surface area contributed by atoms with E-state index < -0.39 is 11.7 Å². The fourth-order valence-corrected chi connectivity index (χ4v) is 1.37. The zero-order chi connectivity index (χ0) is 12.2. The van der Waals surface area contributed by atoms with E-state index in [1.807, 2.05) is 0 Å². The first-order valence-corrected chi connectivity index (χ1v) is 5.07. The number of hydrogen-bond acceptors (Lipinski definition) is 2. The van der Waals surface area contributed by atoms with Crippen LogP contribution in [0.2, 0.25) is 0 Å². The molecule has 0 amide bonds. The number of rotatable bonds is 4. The third kappa shape index (κ3) is 3.41. The summed E-state index contributed by atoms with van der Waals surface area (Å²) < 4.78 is 37.7. The lowest BCUT2D eigenvalue weighted by atomic mass is 10.1. The maximum Gasteiger partial charge on any atom is 0.416 e. The fraction of sp³-hybridized carbons (Fsp3) is 0.455. The van der Waals surface area contributed by atoms with Crippen molar-refractivity contribution in [3.63, 3.8) is 0 Å². The molecule has 5 heteroatoms. The van der Waals surface area contributed by atoms with Gasteiger partial charge in [0.1, 0.15) is 0 Å². The molecule has 0 heterocycles. The Balaban J connectivity index is 2.82. The molecule has 1 aromatic carbocycles. The van der Waals surface area contributed by atoms with Crippen LogP contribution in [-0.4, -0.2) is 13.1 Å². The summed E-state index contributed by atoms with van der Waals surface area (Å²) in [5, 5.41) is 2.91. The van der Waals surface area contributed by atoms with Gasteiger partial charge in [0, 0.05) is 12.2 Å². The summed E-state index contributed by atoms with van der Waals surface area (Å²) in [7, 11) is 0. The van der Waals surface area contributed by atoms with Crippen LogP contribution in [0.5, 0.6) is 0 Å². The van der Waals surface area contributed by atoms with Crippen molar-refractivity contribution in [3.8, 4) is 0 Å². The summed E-state index contributed by atoms with van der Waals surface area (Å²) in [6, 6.07) is 4.24. The van der Waals surface area contributed by atoms with Gasteiger partial charge in [-0.3, -0.25) is 0 Å². The first-order valence-electron chi connectivity index (χ1n) is 5.07. The molecule has 0 radical (unpaired) electrons. The molecule has 2 nitrogen and oxygen atoms in total. The van der Waals surface area contributed by atoms with Crippen LogP contribution in [0.1, 0.15) is 17.5 Å². The second-order valence-electron chi connectivity index (χ2n) is 3.60. The van der Waals surface area contributed by atoms with E-state index in [-0.39, 0.29) is 5.56 Å². The molecule has 0 aromatic heterocycles. The van der Waals surface area contributed by atoms with E-state index in [4.69, 9.17) is 5.73 Å². The van der Waals surface area contributed by atoms with Gasteiger partial charge in [-0.15, -0.1) is 0 Å². The second-order valence-corrected chi connectivity index (χ2v) is 3.60. The zero-order valence-corrected chi connectivity index (χ0v) is 9.06. The number of nitrogens with two attached hydrogens (primary N) is 1. The summed E-state index contributed by atoms with van der Waals surface area (Å²) >= 11 is 0. The third-order valence-electron chi connectivity index (χ3n) is 2.25. The van der Waals surface area contributed by atoms with Crippen LogP contribution >= 0.6 is 0 Å². The van der Waals surface area contributed by atoms with Crippen LogP contribution in [0.15, 0.2) is 18.2 Å². The van der Waals surface area contributed by atoms with Gasteiger partial charge in [-0.05, 0) is 37.6 Å². The normalized spacial score (nSPS) is 11.6. The van der Waals surface area contributed by atoms with Gasteiger partial charge in [0.25, 0.3) is 0 Å². The molecule has 0 unspecified atom stereocenters. The van der Waals surface area contributed by atoms with Crippen molar-refractivity contribution in [2.24, 2.45) is 5.73 Å². The topological polar surface area (TPSA) is 38.0 Å². The quantitative estimate of drug-likeness (QED) is 0.783. The SMILES string of the molecule is Cc1ccc(NCCCN)cc1C(F)(F)F. The van der Waals surface area contributed by atoms with Gasteiger partial charge >= 0.3 is 6.18 Å². The van der Waals surface area contributed by atoms with Crippen molar-refractivity contribution in [2.75, 3.05) is 18.4 Å². The molecule has 0 atom stereocenters. The van der Waals surface area contributed by atoms with Gasteiger partial charge < -0.3 is 11.1 Å². The second kappa shape index (κ2) is 5.21. The van der Waals surface area contributed by atoms with E-state index in [1.165, 1.54) is 13.0 Å². The molecule has 1 aromatic rings. The molecule has 0 aliphatic rings. The average Bonchev–Trinajstić information content (AvgIpc) is 2.19. The van der Waals surface area contributed by atoms with Crippen LogP contribution in [0.4, 0.5) is 18.9 Å². The number of halogens is 3. The van der Waals surface area contributed by atoms with Crippen molar-refractivity contribution in [2.45, 2.75) is 19.5 Å². The number of alkyl halides is 3. The van der Waals surface area contributed by atoms with E-state index in [2.05, 4.69) is 5.32 Å². The van der Waals surface area contributed by atoms with Crippen molar-refractivity contribution < 1.29 is 13.2 Å². The number of anilines is 1. The van der Waals surface area contributed by atoms with Crippen molar-refractivity contribution in [1.29, 1.82) is 0 Å². The number of benzene rings is 1. The highest BCUT2D eigenvalue weighted by atomic mass is 19.4. The minimum Gasteiger partial charge on any atom is -0.385 e. The van der Waals surface area contributed by atoms with E-state index in [9.17, 15) is 13.2 Å². The Kier molecular flexibility index (Phi) is 4.18. The Bertz CT molecular complexity index is 348. The third-order valence-corrected chi connectivity index (χ3v) is 2.25. The van der Waals surface area contributed by atoms with Gasteiger partial charge in [-0.2, -0.15) is 13.2 Å². The molecule has 1 rings (SSSR count). The maximum absolute atomic E-state index is 12.6. The van der Waals surface area contributed by atoms with Gasteiger partial charge in [-0.1, -0.05) is 6.07 Å². The number of aryl methyl sites for hydroxylation is 1. The molecule has 0 aliphatic heterocycles. The minimum atomic E-state index is -4.30. The van der Waals surface area contributed by atoms with Crippen LogP contribution in [0, 0.1) is 6.92 Å². The van der Waals surface area contributed by atoms with Crippen molar-refractivity contribution in [1.82, 2.24) is 0 Å². The Hall–Kier alpha value is -1.23. The van der Waals surface area contributed by atoms with Crippen LogP contribution in [0.3, 0.4) is 0 Å². The first kappa shape index (κ1) is 12.8. The van der Waals surface area contributed by atoms with Crippen molar-refractivity contribution in [3.05, 3.63) is 29.3 Å². The summed E-state index contributed by atoms with van der Waals surface area (Å²) in [4.78, 5) is 0. The Morgan fingerprint density at radius 2 is 2.00 bits per heavy atom. The highest BCUT2D eigenvalue weighted by molar-refractivity contribution is 5.49. The Labute approximate surface area is 92.6 Å². The summed E-state index contributed by atoms with van der Waals surface area (Å²) in [5.74, 6) is 0. The lowest BCUT2D eigenvalue weighted by Gasteiger charge is -2.13. The number of hydrogen-bond donors (Lipinski definition) is 2. The zero-order valence-electron chi connectivity index (χ0n) is 9.06. The molecule has 0 bridgehead atoms. The average molecular weight is 232 g/mol. The molecule has 0 fully saturated rings. The molecular formula is C11H15F3N2. The number of nitrogens with one attached hydrogen (secondary N) is 1. The highest BCUT2D eigenvalue weighted by Crippen LogP contribution is 2.33. The minimum absolute atomic E-state index is 0.233. The summed E-state index contributed by atoms with van der Waals surface area (Å²) in [6.45, 7) is 2.55. The maximum atomic E-state index is 12.6. The molecule has 0 spiro atoms. The van der Waals surface area contributed by atoms with Gasteiger partial charge in [-0.25, -0.2) is 0 Å². The monoisotopic (exact) mass is 232 g/mol. The summed E-state index contributed by atoms with van der Waals surface area (Å²) in [6.07, 6.45) is -3.56. The predicted octanol–water partition coefficient (Wildman–Crippen LogP) is 2.77. The molecule has 0 saturated heterocycles. The molecule has 90 valence electrons. The van der Waals surface area contributed by atoms with E-state index >= 15 is 0 Å². The summed E-state index contributed by atoms with van der Waals surface area (Å²) in [5.41, 5.74) is 5.41. The smallest absolute Gasteiger partial charge is 0.385 e. The van der Waals surface area contributed by atoms with Crippen LogP contribution in [-0.2, 0) is 6.18 Å².